The molecule has 0 aliphatic heterocycles. The van der Waals surface area contributed by atoms with Crippen LogP contribution in [0, 0.1) is 16.2 Å². The number of aromatic nitrogens is 1. The molecule has 1 aromatic rings. The molecule has 1 aromatic heterocycles. The number of nitrogens with zero attached hydrogens (tertiary/aromatic N) is 2. The predicted molar refractivity (Wildman–Crippen MR) is 42.0 cm³/mol. The summed E-state index contributed by atoms with van der Waals surface area (Å²) in [7, 11) is 0. The molecule has 1 heterocycles. The average molecular weight is 194 g/mol. The fourth-order valence-electron chi connectivity index (χ4n) is 0.468. The molecule has 0 saturated heterocycles. The Hall–Kier alpha value is -0.870. The van der Waals surface area contributed by atoms with Crippen LogP contribution in [0.25, 0.3) is 0 Å². The molecular formula is C5H3Cl2N2O2. The van der Waals surface area contributed by atoms with Gasteiger partial charge in [0.15, 0.2) is 0 Å². The van der Waals surface area contributed by atoms with E-state index in [0.717, 1.165) is 0 Å². The van der Waals surface area contributed by atoms with Crippen molar-refractivity contribution in [2.45, 2.75) is 0 Å². The number of halogens is 2. The van der Waals surface area contributed by atoms with E-state index in [2.05, 4.69) is 11.1 Å². The number of rotatable bonds is 1. The van der Waals surface area contributed by atoms with E-state index in [1.165, 1.54) is 12.3 Å². The first-order chi connectivity index (χ1) is 4.72. The zero-order valence-electron chi connectivity index (χ0n) is 5.15. The highest BCUT2D eigenvalue weighted by atomic mass is 35.5. The number of hydrogen-bond acceptors (Lipinski definition) is 3. The maximum atomic E-state index is 10.1. The molecular weight excluding hydrogens is 191 g/mol. The highest BCUT2D eigenvalue weighted by Crippen LogP contribution is 2.18. The maximum absolute atomic E-state index is 10.1. The van der Waals surface area contributed by atoms with Gasteiger partial charge in [-0.1, -0.05) is 11.6 Å². The minimum atomic E-state index is -0.630. The van der Waals surface area contributed by atoms with Crippen molar-refractivity contribution in [3.63, 3.8) is 0 Å². The molecule has 4 nitrogen and oxygen atoms in total. The monoisotopic (exact) mass is 193 g/mol. The van der Waals surface area contributed by atoms with E-state index < -0.39 is 4.92 Å². The van der Waals surface area contributed by atoms with Gasteiger partial charge in [0.2, 0.25) is 5.15 Å². The first-order valence-corrected chi connectivity index (χ1v) is 2.76. The average Bonchev–Trinajstić information content (AvgIpc) is 1.88. The Balaban J connectivity index is 0.000001000. The van der Waals surface area contributed by atoms with Gasteiger partial charge in [0.1, 0.15) is 0 Å². The van der Waals surface area contributed by atoms with Crippen LogP contribution in [0.1, 0.15) is 0 Å². The second-order valence-corrected chi connectivity index (χ2v) is 1.84. The Bertz CT molecular complexity index is 266. The second-order valence-electron chi connectivity index (χ2n) is 1.49. The van der Waals surface area contributed by atoms with Gasteiger partial charge in [0.05, 0.1) is 11.0 Å². The van der Waals surface area contributed by atoms with E-state index in [0.29, 0.717) is 0 Å². The molecule has 0 fully saturated rings. The summed E-state index contributed by atoms with van der Waals surface area (Å²) in [4.78, 5) is 12.9. The van der Waals surface area contributed by atoms with E-state index in [1.54, 1.807) is 0 Å². The highest BCUT2D eigenvalue weighted by molar-refractivity contribution is 6.31. The molecule has 6 heteroatoms. The number of hydrogen-bond donors (Lipinski definition) is 0. The van der Waals surface area contributed by atoms with Crippen LogP contribution in [0.15, 0.2) is 12.3 Å². The summed E-state index contributed by atoms with van der Waals surface area (Å²) in [6.45, 7) is 0. The van der Waals surface area contributed by atoms with Crippen LogP contribution in [-0.2, 0) is 0 Å². The standard InChI is InChI=1S/C5H2ClN2O2.ClH/c6-5-4(8(9)10)2-1-3-7-5;/h1,3H;1H. The minimum Gasteiger partial charge on any atom is -0.258 e. The first-order valence-electron chi connectivity index (χ1n) is 2.38. The van der Waals surface area contributed by atoms with Crippen LogP contribution in [0.3, 0.4) is 0 Å². The van der Waals surface area contributed by atoms with Crippen molar-refractivity contribution < 1.29 is 4.92 Å². The molecule has 0 spiro atoms. The molecule has 1 rings (SSSR count). The van der Waals surface area contributed by atoms with Gasteiger partial charge in [0, 0.05) is 6.20 Å². The fraction of sp³-hybridized carbons (Fsp3) is 0. The second kappa shape index (κ2) is 4.10. The van der Waals surface area contributed by atoms with Gasteiger partial charge in [-0.25, -0.2) is 4.98 Å². The van der Waals surface area contributed by atoms with Crippen molar-refractivity contribution >= 4 is 29.7 Å². The van der Waals surface area contributed by atoms with E-state index >= 15 is 0 Å². The SMILES string of the molecule is Cl.O=[N+]([O-])c1[c]ccnc1Cl. The molecule has 0 bridgehead atoms. The van der Waals surface area contributed by atoms with Gasteiger partial charge >= 0.3 is 5.69 Å². The third-order valence-corrected chi connectivity index (χ3v) is 1.14. The summed E-state index contributed by atoms with van der Waals surface area (Å²) in [5, 5.41) is 9.94. The summed E-state index contributed by atoms with van der Waals surface area (Å²) in [5.74, 6) is 0. The van der Waals surface area contributed by atoms with Crippen LogP contribution in [0.4, 0.5) is 5.69 Å². The van der Waals surface area contributed by atoms with Crippen molar-refractivity contribution in [2.75, 3.05) is 0 Å². The van der Waals surface area contributed by atoms with Gasteiger partial charge in [-0.05, 0) is 6.07 Å². The van der Waals surface area contributed by atoms with E-state index in [4.69, 9.17) is 11.6 Å². The van der Waals surface area contributed by atoms with Gasteiger partial charge in [-0.15, -0.1) is 12.4 Å². The first kappa shape index (κ1) is 10.1. The molecule has 0 aromatic carbocycles. The van der Waals surface area contributed by atoms with E-state index in [1.807, 2.05) is 0 Å². The van der Waals surface area contributed by atoms with Crippen molar-refractivity contribution in [2.24, 2.45) is 0 Å². The van der Waals surface area contributed by atoms with Crippen molar-refractivity contribution in [3.8, 4) is 0 Å². The van der Waals surface area contributed by atoms with Crippen LogP contribution >= 0.6 is 24.0 Å². The molecule has 0 amide bonds. The van der Waals surface area contributed by atoms with Gasteiger partial charge < -0.3 is 0 Å². The highest BCUT2D eigenvalue weighted by Gasteiger charge is 2.10. The molecule has 0 aliphatic carbocycles. The van der Waals surface area contributed by atoms with Gasteiger partial charge in [-0.3, -0.25) is 10.1 Å². The van der Waals surface area contributed by atoms with Crippen LogP contribution < -0.4 is 0 Å². The Morgan fingerprint density at radius 1 is 1.73 bits per heavy atom. The van der Waals surface area contributed by atoms with Crippen molar-refractivity contribution in [3.05, 3.63) is 33.6 Å². The number of nitro groups is 1. The summed E-state index contributed by atoms with van der Waals surface area (Å²) in [6, 6.07) is 3.68. The maximum Gasteiger partial charge on any atom is 0.314 e. The quantitative estimate of drug-likeness (QED) is 0.389. The third kappa shape index (κ3) is 2.32. The molecule has 0 N–H and O–H groups in total. The summed E-state index contributed by atoms with van der Waals surface area (Å²) >= 11 is 5.34. The summed E-state index contributed by atoms with van der Waals surface area (Å²) in [5.41, 5.74) is -0.288. The smallest absolute Gasteiger partial charge is 0.258 e. The molecule has 0 unspecified atom stereocenters. The minimum absolute atomic E-state index is 0. The van der Waals surface area contributed by atoms with Crippen LogP contribution in [0.5, 0.6) is 0 Å². The van der Waals surface area contributed by atoms with Crippen LogP contribution in [0.2, 0.25) is 5.15 Å². The lowest BCUT2D eigenvalue weighted by molar-refractivity contribution is -0.385. The van der Waals surface area contributed by atoms with Gasteiger partial charge in [-0.2, -0.15) is 0 Å². The summed E-state index contributed by atoms with van der Waals surface area (Å²) < 4.78 is 0. The molecule has 59 valence electrons. The zero-order valence-corrected chi connectivity index (χ0v) is 6.72. The van der Waals surface area contributed by atoms with Crippen molar-refractivity contribution in [1.82, 2.24) is 4.98 Å². The third-order valence-electron chi connectivity index (χ3n) is 0.860. The Morgan fingerprint density at radius 3 is 2.73 bits per heavy atom. The lowest BCUT2D eigenvalue weighted by Crippen LogP contribution is -1.89. The number of pyridine rings is 1. The zero-order chi connectivity index (χ0) is 7.56. The summed E-state index contributed by atoms with van der Waals surface area (Å²) in [6.07, 6.45) is 1.34. The molecule has 11 heavy (non-hydrogen) atoms. The van der Waals surface area contributed by atoms with Gasteiger partial charge in [0.25, 0.3) is 0 Å². The lowest BCUT2D eigenvalue weighted by atomic mass is 10.4. The molecule has 0 saturated carbocycles. The van der Waals surface area contributed by atoms with Crippen LogP contribution in [-0.4, -0.2) is 9.91 Å². The Labute approximate surface area is 73.8 Å². The fourth-order valence-corrected chi connectivity index (χ4v) is 0.648. The normalized spacial score (nSPS) is 8.45. The van der Waals surface area contributed by atoms with E-state index in [-0.39, 0.29) is 23.2 Å². The predicted octanol–water partition coefficient (Wildman–Crippen LogP) is 1.87. The molecule has 0 atom stereocenters. The molecule has 1 radical (unpaired) electrons. The van der Waals surface area contributed by atoms with Crippen molar-refractivity contribution in [1.29, 1.82) is 0 Å². The largest absolute Gasteiger partial charge is 0.314 e. The topological polar surface area (TPSA) is 56.0 Å². The Morgan fingerprint density at radius 2 is 2.36 bits per heavy atom. The Kier molecular flexibility index (Phi) is 3.78. The molecule has 0 aliphatic rings. The van der Waals surface area contributed by atoms with E-state index in [9.17, 15) is 10.1 Å². The lowest BCUT2D eigenvalue weighted by Gasteiger charge is -1.89.